The predicted octanol–water partition coefficient (Wildman–Crippen LogP) is 2.78. The maximum atomic E-state index is 12.2. The van der Waals surface area contributed by atoms with E-state index in [4.69, 9.17) is 14.2 Å². The predicted molar refractivity (Wildman–Crippen MR) is 116 cm³/mol. The van der Waals surface area contributed by atoms with Gasteiger partial charge in [-0.3, -0.25) is 4.79 Å². The van der Waals surface area contributed by atoms with Crippen molar-refractivity contribution in [3.8, 4) is 0 Å². The number of carbonyl (C=O) groups is 1. The summed E-state index contributed by atoms with van der Waals surface area (Å²) in [6.07, 6.45) is 9.28. The summed E-state index contributed by atoms with van der Waals surface area (Å²) in [6, 6.07) is 0. The van der Waals surface area contributed by atoms with Crippen LogP contribution in [0.2, 0.25) is 0 Å². The van der Waals surface area contributed by atoms with Crippen molar-refractivity contribution in [3.05, 3.63) is 0 Å². The van der Waals surface area contributed by atoms with E-state index in [0.717, 1.165) is 19.3 Å². The number of carbonyl (C=O) groups excluding carboxylic acids is 1. The molecule has 0 radical (unpaired) electrons. The summed E-state index contributed by atoms with van der Waals surface area (Å²) in [6.45, 7) is 1.36. The molecule has 1 saturated heterocycles. The molecule has 1 fully saturated rings. The van der Waals surface area contributed by atoms with Crippen LogP contribution >= 0.6 is 0 Å². The Bertz CT molecular complexity index is 472. The zero-order valence-electron chi connectivity index (χ0n) is 19.3. The van der Waals surface area contributed by atoms with Crippen LogP contribution in [0.3, 0.4) is 0 Å². The maximum Gasteiger partial charge on any atom is 0.308 e. The second-order valence-corrected chi connectivity index (χ2v) is 8.58. The summed E-state index contributed by atoms with van der Waals surface area (Å²) >= 11 is 0. The third-order valence-corrected chi connectivity index (χ3v) is 5.94. The van der Waals surface area contributed by atoms with Crippen molar-refractivity contribution >= 4 is 5.97 Å². The first-order valence-corrected chi connectivity index (χ1v) is 12.0. The van der Waals surface area contributed by atoms with Crippen LogP contribution in [0.5, 0.6) is 0 Å². The molecule has 1 rings (SSSR count). The smallest absolute Gasteiger partial charge is 0.308 e. The van der Waals surface area contributed by atoms with Crippen molar-refractivity contribution < 1.29 is 39.4 Å². The number of aliphatic hydroxyl groups is 4. The van der Waals surface area contributed by atoms with Gasteiger partial charge in [-0.05, 0) is 6.42 Å². The third-order valence-electron chi connectivity index (χ3n) is 5.94. The van der Waals surface area contributed by atoms with E-state index in [-0.39, 0.29) is 6.42 Å². The zero-order valence-corrected chi connectivity index (χ0v) is 19.3. The standard InChI is InChI=1S/C23H44O8/c1-3-4-5-6-7-8-9-10-11-12-13-14-15-16-18(25)30-23(17-24)21(28)19(26)20(27)22(29-2)31-23/h19-22,24,26-28H,3-17H2,1-2H3/t19-,20+,21-,22+,23?/m1/s1. The van der Waals surface area contributed by atoms with Crippen molar-refractivity contribution in [1.29, 1.82) is 0 Å². The van der Waals surface area contributed by atoms with Crippen LogP contribution in [0.4, 0.5) is 0 Å². The van der Waals surface area contributed by atoms with Crippen molar-refractivity contribution in [2.24, 2.45) is 0 Å². The number of methoxy groups -OCH3 is 1. The molecule has 0 aliphatic carbocycles. The van der Waals surface area contributed by atoms with Crippen LogP contribution in [0.15, 0.2) is 0 Å². The zero-order chi connectivity index (χ0) is 23.1. The Morgan fingerprint density at radius 3 is 1.77 bits per heavy atom. The summed E-state index contributed by atoms with van der Waals surface area (Å²) in [4.78, 5) is 12.2. The van der Waals surface area contributed by atoms with E-state index < -0.39 is 43.0 Å². The van der Waals surface area contributed by atoms with Gasteiger partial charge in [0.2, 0.25) is 0 Å². The molecule has 0 aromatic heterocycles. The summed E-state index contributed by atoms with van der Waals surface area (Å²) in [5, 5.41) is 39.6. The van der Waals surface area contributed by atoms with E-state index in [1.54, 1.807) is 0 Å². The van der Waals surface area contributed by atoms with Gasteiger partial charge in [-0.1, -0.05) is 84.0 Å². The number of ether oxygens (including phenoxy) is 3. The Morgan fingerprint density at radius 2 is 1.32 bits per heavy atom. The normalized spacial score (nSPS) is 28.6. The van der Waals surface area contributed by atoms with Gasteiger partial charge in [0.05, 0.1) is 0 Å². The molecule has 1 heterocycles. The molecule has 4 N–H and O–H groups in total. The lowest BCUT2D eigenvalue weighted by Gasteiger charge is -2.46. The quantitative estimate of drug-likeness (QED) is 0.198. The Hall–Kier alpha value is -0.770. The summed E-state index contributed by atoms with van der Waals surface area (Å²) in [7, 11) is 1.23. The van der Waals surface area contributed by atoms with Crippen LogP contribution in [0.25, 0.3) is 0 Å². The van der Waals surface area contributed by atoms with Crippen molar-refractivity contribution in [2.45, 2.75) is 127 Å². The first-order chi connectivity index (χ1) is 14.9. The van der Waals surface area contributed by atoms with E-state index in [0.29, 0.717) is 6.42 Å². The molecular formula is C23H44O8. The molecule has 8 nitrogen and oxygen atoms in total. The average molecular weight is 449 g/mol. The van der Waals surface area contributed by atoms with Gasteiger partial charge in [0.15, 0.2) is 12.4 Å². The van der Waals surface area contributed by atoms with E-state index in [2.05, 4.69) is 6.92 Å². The van der Waals surface area contributed by atoms with Crippen molar-refractivity contribution in [2.75, 3.05) is 13.7 Å². The summed E-state index contributed by atoms with van der Waals surface area (Å²) in [5.74, 6) is -2.80. The monoisotopic (exact) mass is 448 g/mol. The second-order valence-electron chi connectivity index (χ2n) is 8.58. The minimum atomic E-state index is -2.16. The van der Waals surface area contributed by atoms with E-state index in [9.17, 15) is 25.2 Å². The molecule has 31 heavy (non-hydrogen) atoms. The molecule has 5 atom stereocenters. The lowest BCUT2D eigenvalue weighted by atomic mass is 9.96. The van der Waals surface area contributed by atoms with E-state index in [1.165, 1.54) is 64.9 Å². The van der Waals surface area contributed by atoms with Crippen molar-refractivity contribution in [1.82, 2.24) is 0 Å². The van der Waals surface area contributed by atoms with Gasteiger partial charge in [0.25, 0.3) is 5.79 Å². The number of unbranched alkanes of at least 4 members (excludes halogenated alkanes) is 12. The molecule has 184 valence electrons. The fourth-order valence-electron chi connectivity index (χ4n) is 3.91. The number of rotatable bonds is 17. The molecule has 0 aromatic rings. The lowest BCUT2D eigenvalue weighted by Crippen LogP contribution is -2.67. The first kappa shape index (κ1) is 28.3. The van der Waals surface area contributed by atoms with Crippen molar-refractivity contribution in [3.63, 3.8) is 0 Å². The highest BCUT2D eigenvalue weighted by Gasteiger charge is 2.56. The Labute approximate surface area is 186 Å². The molecule has 0 saturated carbocycles. The van der Waals surface area contributed by atoms with Crippen LogP contribution < -0.4 is 0 Å². The highest BCUT2D eigenvalue weighted by molar-refractivity contribution is 5.69. The number of hydrogen-bond acceptors (Lipinski definition) is 8. The third kappa shape index (κ3) is 9.72. The molecule has 1 aliphatic heterocycles. The molecule has 1 aliphatic rings. The average Bonchev–Trinajstić information content (AvgIpc) is 2.77. The van der Waals surface area contributed by atoms with Gasteiger partial charge >= 0.3 is 5.97 Å². The molecular weight excluding hydrogens is 404 g/mol. The Balaban J connectivity index is 2.17. The van der Waals surface area contributed by atoms with Gasteiger partial charge in [-0.25, -0.2) is 0 Å². The topological polar surface area (TPSA) is 126 Å². The molecule has 0 aromatic carbocycles. The Kier molecular flexibility index (Phi) is 14.5. The van der Waals surface area contributed by atoms with Gasteiger partial charge in [0.1, 0.15) is 18.8 Å². The molecule has 1 unspecified atom stereocenters. The number of aliphatic hydroxyl groups excluding tert-OH is 4. The summed E-state index contributed by atoms with van der Waals surface area (Å²) in [5.41, 5.74) is 0. The SMILES string of the molecule is CCCCCCCCCCCCCCCC(=O)OC1(CO)O[C@H](OC)[C@@H](O)[C@@H](O)[C@H]1O. The van der Waals surface area contributed by atoms with Crippen LogP contribution in [0.1, 0.15) is 96.8 Å². The second kappa shape index (κ2) is 15.9. The van der Waals surface area contributed by atoms with E-state index >= 15 is 0 Å². The highest BCUT2D eigenvalue weighted by Crippen LogP contribution is 2.32. The molecule has 0 amide bonds. The van der Waals surface area contributed by atoms with Gasteiger partial charge in [-0.15, -0.1) is 0 Å². The fraction of sp³-hybridized carbons (Fsp3) is 0.957. The molecule has 0 spiro atoms. The van der Waals surface area contributed by atoms with Gasteiger partial charge in [0, 0.05) is 13.5 Å². The molecule has 8 heteroatoms. The fourth-order valence-corrected chi connectivity index (χ4v) is 3.91. The highest BCUT2D eigenvalue weighted by atomic mass is 16.8. The summed E-state index contributed by atoms with van der Waals surface area (Å²) < 4.78 is 15.4. The first-order valence-electron chi connectivity index (χ1n) is 12.0. The lowest BCUT2D eigenvalue weighted by molar-refractivity contribution is -0.394. The Morgan fingerprint density at radius 1 is 0.839 bits per heavy atom. The minimum Gasteiger partial charge on any atom is -0.427 e. The number of hydrogen-bond donors (Lipinski definition) is 4. The maximum absolute atomic E-state index is 12.2. The van der Waals surface area contributed by atoms with Crippen LogP contribution in [-0.2, 0) is 19.0 Å². The van der Waals surface area contributed by atoms with E-state index in [1.807, 2.05) is 0 Å². The van der Waals surface area contributed by atoms with Gasteiger partial charge in [-0.2, -0.15) is 0 Å². The minimum absolute atomic E-state index is 0.117. The van der Waals surface area contributed by atoms with Gasteiger partial charge < -0.3 is 34.6 Å². The largest absolute Gasteiger partial charge is 0.427 e. The molecule has 0 bridgehead atoms. The number of esters is 1. The van der Waals surface area contributed by atoms with Crippen LogP contribution in [-0.4, -0.2) is 70.5 Å². The van der Waals surface area contributed by atoms with Crippen LogP contribution in [0, 0.1) is 0 Å².